The van der Waals surface area contributed by atoms with Crippen LogP contribution in [0.1, 0.15) is 37.7 Å². The van der Waals surface area contributed by atoms with Gasteiger partial charge in [0.1, 0.15) is 0 Å². The largest absolute Gasteiger partial charge is 0.378 e. The van der Waals surface area contributed by atoms with Gasteiger partial charge in [-0.25, -0.2) is 0 Å². The smallest absolute Gasteiger partial charge is 0.222 e. The van der Waals surface area contributed by atoms with Crippen LogP contribution in [-0.2, 0) is 9.53 Å². The number of rotatable bonds is 4. The third-order valence-electron chi connectivity index (χ3n) is 5.20. The van der Waals surface area contributed by atoms with Gasteiger partial charge in [-0.3, -0.25) is 4.79 Å². The first-order chi connectivity index (χ1) is 11.8. The van der Waals surface area contributed by atoms with Gasteiger partial charge in [-0.05, 0) is 37.3 Å². The summed E-state index contributed by atoms with van der Waals surface area (Å²) in [5.41, 5.74) is 3.79. The van der Waals surface area contributed by atoms with Gasteiger partial charge in [-0.1, -0.05) is 24.3 Å². The van der Waals surface area contributed by atoms with Crippen molar-refractivity contribution in [3.8, 4) is 0 Å². The van der Waals surface area contributed by atoms with Gasteiger partial charge in [-0.2, -0.15) is 0 Å². The van der Waals surface area contributed by atoms with Crippen LogP contribution in [0.2, 0.25) is 0 Å². The van der Waals surface area contributed by atoms with Crippen molar-refractivity contribution in [3.05, 3.63) is 42.1 Å². The molecule has 3 heterocycles. The maximum Gasteiger partial charge on any atom is 0.222 e. The molecule has 4 nitrogen and oxygen atoms in total. The van der Waals surface area contributed by atoms with E-state index in [-0.39, 0.29) is 5.91 Å². The minimum absolute atomic E-state index is 0.264. The van der Waals surface area contributed by atoms with E-state index in [1.54, 1.807) is 0 Å². The summed E-state index contributed by atoms with van der Waals surface area (Å²) in [6.07, 6.45) is 9.25. The number of aromatic nitrogens is 1. The number of aromatic amines is 1. The van der Waals surface area contributed by atoms with Crippen LogP contribution in [-0.4, -0.2) is 41.6 Å². The monoisotopic (exact) mass is 324 g/mol. The van der Waals surface area contributed by atoms with Crippen molar-refractivity contribution < 1.29 is 9.53 Å². The Morgan fingerprint density at radius 1 is 1.33 bits per heavy atom. The normalized spacial score (nSPS) is 21.2. The molecule has 1 fully saturated rings. The lowest BCUT2D eigenvalue weighted by Gasteiger charge is -2.27. The molecule has 1 saturated heterocycles. The molecule has 4 heteroatoms. The predicted molar refractivity (Wildman–Crippen MR) is 95.7 cm³/mol. The van der Waals surface area contributed by atoms with E-state index in [2.05, 4.69) is 35.5 Å². The van der Waals surface area contributed by atoms with Crippen LogP contribution in [0.5, 0.6) is 0 Å². The Labute approximate surface area is 142 Å². The first-order valence-corrected chi connectivity index (χ1v) is 8.96. The van der Waals surface area contributed by atoms with Crippen molar-refractivity contribution in [1.82, 2.24) is 9.88 Å². The fourth-order valence-corrected chi connectivity index (χ4v) is 3.79. The molecule has 0 unspecified atom stereocenters. The molecule has 1 amide bonds. The van der Waals surface area contributed by atoms with E-state index in [0.717, 1.165) is 45.4 Å². The lowest BCUT2D eigenvalue weighted by atomic mass is 9.98. The highest BCUT2D eigenvalue weighted by Gasteiger charge is 2.22. The quantitative estimate of drug-likeness (QED) is 0.931. The van der Waals surface area contributed by atoms with E-state index >= 15 is 0 Å². The van der Waals surface area contributed by atoms with Gasteiger partial charge in [0.2, 0.25) is 5.91 Å². The Hall–Kier alpha value is -2.07. The van der Waals surface area contributed by atoms with Crippen LogP contribution in [0.15, 0.2) is 36.5 Å². The number of hydrogen-bond donors (Lipinski definition) is 1. The molecule has 1 N–H and O–H groups in total. The number of hydrogen-bond acceptors (Lipinski definition) is 2. The minimum Gasteiger partial charge on any atom is -0.378 e. The average Bonchev–Trinajstić information content (AvgIpc) is 3.29. The highest BCUT2D eigenvalue weighted by Crippen LogP contribution is 2.29. The Kier molecular flexibility index (Phi) is 4.39. The molecule has 0 saturated carbocycles. The minimum atomic E-state index is 0.264. The molecule has 1 atom stereocenters. The van der Waals surface area contributed by atoms with Crippen LogP contribution in [0, 0.1) is 0 Å². The number of ether oxygens (including phenoxy) is 1. The lowest BCUT2D eigenvalue weighted by Crippen LogP contribution is -2.35. The molecule has 2 aliphatic rings. The number of fused-ring (bicyclic) bond motifs is 1. The van der Waals surface area contributed by atoms with E-state index < -0.39 is 0 Å². The number of carbonyl (C=O) groups is 1. The van der Waals surface area contributed by atoms with Crippen molar-refractivity contribution in [3.63, 3.8) is 0 Å². The molecule has 24 heavy (non-hydrogen) atoms. The molecule has 2 aromatic rings. The van der Waals surface area contributed by atoms with Crippen molar-refractivity contribution in [2.45, 2.75) is 38.2 Å². The topological polar surface area (TPSA) is 45.3 Å². The second-order valence-electron chi connectivity index (χ2n) is 6.74. The molecule has 1 aromatic heterocycles. The number of H-pyrrole nitrogens is 1. The summed E-state index contributed by atoms with van der Waals surface area (Å²) in [6, 6.07) is 8.38. The van der Waals surface area contributed by atoms with Gasteiger partial charge in [-0.15, -0.1) is 0 Å². The molecule has 2 aliphatic heterocycles. The number of benzene rings is 1. The highest BCUT2D eigenvalue weighted by molar-refractivity contribution is 5.93. The summed E-state index contributed by atoms with van der Waals surface area (Å²) in [6.45, 7) is 2.40. The van der Waals surface area contributed by atoms with Gasteiger partial charge in [0.15, 0.2) is 0 Å². The summed E-state index contributed by atoms with van der Waals surface area (Å²) in [4.78, 5) is 17.7. The summed E-state index contributed by atoms with van der Waals surface area (Å²) in [5.74, 6) is 0.264. The number of nitrogens with zero attached hydrogens (tertiary/aromatic N) is 1. The van der Waals surface area contributed by atoms with Crippen molar-refractivity contribution in [1.29, 1.82) is 0 Å². The van der Waals surface area contributed by atoms with E-state index in [0.29, 0.717) is 12.5 Å². The van der Waals surface area contributed by atoms with Crippen LogP contribution < -0.4 is 0 Å². The van der Waals surface area contributed by atoms with Gasteiger partial charge in [0.05, 0.1) is 6.10 Å². The van der Waals surface area contributed by atoms with Crippen LogP contribution in [0.3, 0.4) is 0 Å². The first kappa shape index (κ1) is 15.5. The summed E-state index contributed by atoms with van der Waals surface area (Å²) in [7, 11) is 0. The van der Waals surface area contributed by atoms with Gasteiger partial charge in [0.25, 0.3) is 0 Å². The van der Waals surface area contributed by atoms with Crippen LogP contribution >= 0.6 is 0 Å². The maximum absolute atomic E-state index is 12.4. The van der Waals surface area contributed by atoms with Gasteiger partial charge >= 0.3 is 0 Å². The fraction of sp³-hybridized carbons (Fsp3) is 0.450. The zero-order valence-corrected chi connectivity index (χ0v) is 14.0. The molecule has 0 bridgehead atoms. The third-order valence-corrected chi connectivity index (χ3v) is 5.20. The number of amides is 1. The van der Waals surface area contributed by atoms with Gasteiger partial charge < -0.3 is 14.6 Å². The highest BCUT2D eigenvalue weighted by atomic mass is 16.5. The van der Waals surface area contributed by atoms with Crippen LogP contribution in [0.25, 0.3) is 16.5 Å². The van der Waals surface area contributed by atoms with E-state index in [4.69, 9.17) is 4.74 Å². The number of nitrogens with one attached hydrogen (secondary N) is 1. The van der Waals surface area contributed by atoms with E-state index in [9.17, 15) is 4.79 Å². The van der Waals surface area contributed by atoms with Crippen LogP contribution in [0.4, 0.5) is 0 Å². The average molecular weight is 324 g/mol. The zero-order valence-electron chi connectivity index (χ0n) is 14.0. The van der Waals surface area contributed by atoms with Gasteiger partial charge in [0, 0.05) is 48.8 Å². The van der Waals surface area contributed by atoms with Crippen molar-refractivity contribution in [2.24, 2.45) is 0 Å². The molecular weight excluding hydrogens is 300 g/mol. The first-order valence-electron chi connectivity index (χ1n) is 8.96. The van der Waals surface area contributed by atoms with Crippen molar-refractivity contribution in [2.75, 3.05) is 19.7 Å². The second-order valence-corrected chi connectivity index (χ2v) is 6.74. The van der Waals surface area contributed by atoms with E-state index in [1.807, 2.05) is 11.0 Å². The van der Waals surface area contributed by atoms with E-state index in [1.165, 1.54) is 22.0 Å². The zero-order chi connectivity index (χ0) is 16.4. The SMILES string of the molecule is O=C(CC[C@@H]1CCCO1)N1CC=C(c2c[nH]c3ccccc23)CC1. The Balaban J connectivity index is 1.38. The summed E-state index contributed by atoms with van der Waals surface area (Å²) >= 11 is 0. The summed E-state index contributed by atoms with van der Waals surface area (Å²) < 4.78 is 5.61. The Morgan fingerprint density at radius 3 is 3.04 bits per heavy atom. The molecule has 0 spiro atoms. The molecule has 4 rings (SSSR count). The standard InChI is InChI=1S/C20H24N2O2/c23-20(8-7-16-4-3-13-24-16)22-11-9-15(10-12-22)18-14-21-19-6-2-1-5-17(18)19/h1-2,5-6,9,14,16,21H,3-4,7-8,10-13H2/t16-/m0/s1. The number of para-hydroxylation sites is 1. The lowest BCUT2D eigenvalue weighted by molar-refractivity contribution is -0.131. The second kappa shape index (κ2) is 6.81. The number of carbonyl (C=O) groups excluding carboxylic acids is 1. The summed E-state index contributed by atoms with van der Waals surface area (Å²) in [5, 5.41) is 1.27. The molecule has 1 aromatic carbocycles. The predicted octanol–water partition coefficient (Wildman–Crippen LogP) is 3.74. The molecule has 0 aliphatic carbocycles. The molecular formula is C20H24N2O2. The fourth-order valence-electron chi connectivity index (χ4n) is 3.79. The Bertz CT molecular complexity index is 756. The maximum atomic E-state index is 12.4. The molecule has 0 radical (unpaired) electrons. The molecule has 126 valence electrons. The third kappa shape index (κ3) is 3.11. The Morgan fingerprint density at radius 2 is 2.25 bits per heavy atom. The van der Waals surface area contributed by atoms with Crippen molar-refractivity contribution >= 4 is 22.4 Å².